The van der Waals surface area contributed by atoms with Gasteiger partial charge in [-0.25, -0.2) is 0 Å². The maximum absolute atomic E-state index is 4.65. The molecule has 0 radical (unpaired) electrons. The average molecular weight is 292 g/mol. The van der Waals surface area contributed by atoms with Crippen LogP contribution in [0.4, 0.5) is 0 Å². The molecular formula is C16H16N4Si. The molecule has 0 amide bonds. The first-order valence-electron chi connectivity index (χ1n) is 7.04. The second-order valence-corrected chi connectivity index (χ2v) is 9.56. The van der Waals surface area contributed by atoms with E-state index in [0.717, 1.165) is 0 Å². The van der Waals surface area contributed by atoms with E-state index in [9.17, 15) is 0 Å². The summed E-state index contributed by atoms with van der Waals surface area (Å²) in [6.07, 6.45) is 3.88. The lowest BCUT2D eigenvalue weighted by atomic mass is 10.3. The van der Waals surface area contributed by atoms with Crippen molar-refractivity contribution in [3.63, 3.8) is 0 Å². The van der Waals surface area contributed by atoms with Crippen LogP contribution in [-0.2, 0) is 0 Å². The molecule has 0 aliphatic rings. The fourth-order valence-corrected chi connectivity index (χ4v) is 5.35. The standard InChI is InChI=1S/C16H16N4Si/c1-21(2,19-15-9-5-3-7-13(15)11-17-19)20-16-10-6-4-8-14(16)12-18-20/h3-12H,1-2H3. The molecule has 0 saturated carbocycles. The summed E-state index contributed by atoms with van der Waals surface area (Å²) in [6.45, 7) is 4.54. The summed E-state index contributed by atoms with van der Waals surface area (Å²) in [5.74, 6) is 0. The van der Waals surface area contributed by atoms with Gasteiger partial charge in [0.1, 0.15) is 0 Å². The summed E-state index contributed by atoms with van der Waals surface area (Å²) < 4.78 is 4.34. The van der Waals surface area contributed by atoms with Crippen LogP contribution in [0.25, 0.3) is 21.8 Å². The van der Waals surface area contributed by atoms with Crippen molar-refractivity contribution >= 4 is 30.2 Å². The van der Waals surface area contributed by atoms with Crippen molar-refractivity contribution < 1.29 is 0 Å². The van der Waals surface area contributed by atoms with E-state index in [2.05, 4.69) is 68.4 Å². The highest BCUT2D eigenvalue weighted by Gasteiger charge is 2.31. The summed E-state index contributed by atoms with van der Waals surface area (Å²) in [4.78, 5) is 0. The van der Waals surface area contributed by atoms with Crippen molar-refractivity contribution in [3.8, 4) is 0 Å². The zero-order valence-electron chi connectivity index (χ0n) is 12.1. The van der Waals surface area contributed by atoms with Crippen LogP contribution in [0.3, 0.4) is 0 Å². The lowest BCUT2D eigenvalue weighted by molar-refractivity contribution is 0.854. The SMILES string of the molecule is C[Si](C)(n1ncc2ccccc21)n1ncc2ccccc21. The molecule has 0 atom stereocenters. The maximum Gasteiger partial charge on any atom is 0.305 e. The molecule has 5 heteroatoms. The Morgan fingerprint density at radius 2 is 1.14 bits per heavy atom. The van der Waals surface area contributed by atoms with Crippen LogP contribution in [0.5, 0.6) is 0 Å². The van der Waals surface area contributed by atoms with Gasteiger partial charge >= 0.3 is 8.40 Å². The van der Waals surface area contributed by atoms with Crippen LogP contribution in [0.2, 0.25) is 13.1 Å². The molecule has 0 fully saturated rings. The number of aromatic nitrogens is 4. The van der Waals surface area contributed by atoms with Crippen molar-refractivity contribution in [2.45, 2.75) is 13.1 Å². The van der Waals surface area contributed by atoms with E-state index < -0.39 is 8.40 Å². The van der Waals surface area contributed by atoms with Crippen LogP contribution >= 0.6 is 0 Å². The van der Waals surface area contributed by atoms with E-state index in [-0.39, 0.29) is 0 Å². The number of nitrogens with zero attached hydrogens (tertiary/aromatic N) is 4. The third kappa shape index (κ3) is 1.74. The Morgan fingerprint density at radius 3 is 1.62 bits per heavy atom. The van der Waals surface area contributed by atoms with Crippen molar-refractivity contribution in [1.82, 2.24) is 18.9 Å². The molecule has 0 aliphatic heterocycles. The Kier molecular flexibility index (Phi) is 2.52. The second kappa shape index (κ2) is 4.29. The number of hydrogen-bond donors (Lipinski definition) is 0. The topological polar surface area (TPSA) is 35.6 Å². The van der Waals surface area contributed by atoms with E-state index in [1.165, 1.54) is 21.8 Å². The van der Waals surface area contributed by atoms with Crippen molar-refractivity contribution in [3.05, 3.63) is 60.9 Å². The van der Waals surface area contributed by atoms with Crippen LogP contribution in [0.1, 0.15) is 0 Å². The van der Waals surface area contributed by atoms with Gasteiger partial charge < -0.3 is 0 Å². The Morgan fingerprint density at radius 1 is 0.714 bits per heavy atom. The lowest BCUT2D eigenvalue weighted by Crippen LogP contribution is -2.46. The van der Waals surface area contributed by atoms with E-state index in [1.807, 2.05) is 24.5 Å². The summed E-state index contributed by atoms with van der Waals surface area (Å²) >= 11 is 0. The van der Waals surface area contributed by atoms with Gasteiger partial charge in [-0.15, -0.1) is 0 Å². The number of hydrogen-bond acceptors (Lipinski definition) is 2. The minimum absolute atomic E-state index is 1.17. The van der Waals surface area contributed by atoms with Gasteiger partial charge in [-0.2, -0.15) is 10.2 Å². The van der Waals surface area contributed by atoms with Crippen molar-refractivity contribution in [2.75, 3.05) is 0 Å². The number of benzene rings is 2. The van der Waals surface area contributed by atoms with Gasteiger partial charge in [-0.05, 0) is 25.2 Å². The van der Waals surface area contributed by atoms with Gasteiger partial charge in [0.05, 0.1) is 23.4 Å². The third-order valence-electron chi connectivity index (χ3n) is 3.99. The molecule has 0 N–H and O–H groups in total. The molecule has 104 valence electrons. The second-order valence-electron chi connectivity index (χ2n) is 5.72. The van der Waals surface area contributed by atoms with E-state index in [4.69, 9.17) is 0 Å². The molecule has 2 aromatic carbocycles. The Bertz CT molecular complexity index is 859. The maximum atomic E-state index is 4.65. The van der Waals surface area contributed by atoms with E-state index >= 15 is 0 Å². The number of fused-ring (bicyclic) bond motifs is 2. The molecule has 2 aromatic heterocycles. The Labute approximate surface area is 123 Å². The molecule has 0 bridgehead atoms. The monoisotopic (exact) mass is 292 g/mol. The molecule has 21 heavy (non-hydrogen) atoms. The van der Waals surface area contributed by atoms with Crippen LogP contribution in [0, 0.1) is 0 Å². The zero-order chi connectivity index (χ0) is 14.4. The van der Waals surface area contributed by atoms with Crippen LogP contribution in [0.15, 0.2) is 60.9 Å². The quantitative estimate of drug-likeness (QED) is 0.530. The van der Waals surface area contributed by atoms with E-state index in [1.54, 1.807) is 0 Å². The predicted octanol–water partition coefficient (Wildman–Crippen LogP) is 3.48. The molecule has 4 aromatic rings. The summed E-state index contributed by atoms with van der Waals surface area (Å²) in [7, 11) is -2.07. The van der Waals surface area contributed by atoms with Gasteiger partial charge in [0.15, 0.2) is 0 Å². The van der Waals surface area contributed by atoms with Crippen molar-refractivity contribution in [1.29, 1.82) is 0 Å². The first-order chi connectivity index (χ1) is 10.2. The first-order valence-corrected chi connectivity index (χ1v) is 9.94. The lowest BCUT2D eigenvalue weighted by Gasteiger charge is -2.24. The summed E-state index contributed by atoms with van der Waals surface area (Å²) in [5, 5.41) is 11.6. The fourth-order valence-electron chi connectivity index (χ4n) is 2.91. The van der Waals surface area contributed by atoms with Gasteiger partial charge in [-0.3, -0.25) is 8.69 Å². The minimum atomic E-state index is -2.07. The van der Waals surface area contributed by atoms with Crippen molar-refractivity contribution in [2.24, 2.45) is 0 Å². The zero-order valence-corrected chi connectivity index (χ0v) is 13.1. The molecule has 4 nitrogen and oxygen atoms in total. The van der Waals surface area contributed by atoms with Gasteiger partial charge in [-0.1, -0.05) is 36.4 Å². The molecule has 2 heterocycles. The van der Waals surface area contributed by atoms with E-state index in [0.29, 0.717) is 0 Å². The highest BCUT2D eigenvalue weighted by molar-refractivity contribution is 6.75. The highest BCUT2D eigenvalue weighted by Crippen LogP contribution is 2.22. The van der Waals surface area contributed by atoms with Crippen LogP contribution in [-0.4, -0.2) is 27.3 Å². The van der Waals surface area contributed by atoms with Crippen LogP contribution < -0.4 is 0 Å². The molecule has 0 spiro atoms. The molecule has 0 saturated heterocycles. The van der Waals surface area contributed by atoms with Gasteiger partial charge in [0.2, 0.25) is 0 Å². The fraction of sp³-hybridized carbons (Fsp3) is 0.125. The first kappa shape index (κ1) is 12.3. The predicted molar refractivity (Wildman–Crippen MR) is 87.7 cm³/mol. The van der Waals surface area contributed by atoms with Gasteiger partial charge in [0.25, 0.3) is 0 Å². The molecular weight excluding hydrogens is 276 g/mol. The number of para-hydroxylation sites is 2. The largest absolute Gasteiger partial charge is 0.305 e. The summed E-state index contributed by atoms with van der Waals surface area (Å²) in [5.41, 5.74) is 2.35. The normalized spacial score (nSPS) is 12.3. The number of rotatable bonds is 2. The molecule has 0 aliphatic carbocycles. The Hall–Kier alpha value is -2.40. The molecule has 0 unspecified atom stereocenters. The third-order valence-corrected chi connectivity index (χ3v) is 6.78. The minimum Gasteiger partial charge on any atom is -0.270 e. The molecule has 4 rings (SSSR count). The smallest absolute Gasteiger partial charge is 0.270 e. The highest BCUT2D eigenvalue weighted by atomic mass is 28.3. The summed E-state index contributed by atoms with van der Waals surface area (Å²) in [6, 6.07) is 16.7. The average Bonchev–Trinajstić information content (AvgIpc) is 3.12. The Balaban J connectivity index is 1.97. The van der Waals surface area contributed by atoms with Gasteiger partial charge in [0, 0.05) is 10.8 Å².